The Kier molecular flexibility index (Phi) is 9.90. The molecule has 1 aromatic heterocycles. The van der Waals surface area contributed by atoms with Gasteiger partial charge in [0.05, 0.1) is 17.1 Å². The Bertz CT molecular complexity index is 3350. The number of hydrogen-bond donors (Lipinski definition) is 0. The highest BCUT2D eigenvalue weighted by molar-refractivity contribution is 7.29. The summed E-state index contributed by atoms with van der Waals surface area (Å²) in [6.07, 6.45) is 2.27. The number of fused-ring (bicyclic) bond motifs is 8. The van der Waals surface area contributed by atoms with Crippen molar-refractivity contribution in [3.63, 3.8) is 0 Å². The minimum absolute atomic E-state index is 0.0125. The summed E-state index contributed by atoms with van der Waals surface area (Å²) in [7, 11) is 0. The van der Waals surface area contributed by atoms with Crippen LogP contribution in [0, 0.1) is 20.8 Å². The summed E-state index contributed by atoms with van der Waals surface area (Å²) in [5.74, 6) is 1.89. The zero-order valence-corrected chi connectivity index (χ0v) is 43.8. The standard InChI is InChI=1S/C64H64BN3OS/c1-39-33-40(2)57(41(3)34-39)68-50-37-48-54(69-53-26-20-19-25-47(53)64(48,11)12)38-49(50)65-56-51(35-46(36-52(56)68)66(43-21-15-13-16-22-43)44-23-17-14-18-24-44)67(45-29-27-42(28-30-45)61(4,5)6)58-55-59(70-60(58)65)63(9,10)32-31-62(55,7)8/h13-30,33-38H,31-32H2,1-12H3. The van der Waals surface area contributed by atoms with Crippen molar-refractivity contribution in [2.24, 2.45) is 0 Å². The molecule has 3 aliphatic heterocycles. The first-order chi connectivity index (χ1) is 33.3. The van der Waals surface area contributed by atoms with Gasteiger partial charge in [-0.3, -0.25) is 0 Å². The Morgan fingerprint density at radius 1 is 0.571 bits per heavy atom. The molecule has 6 heteroatoms. The zero-order chi connectivity index (χ0) is 48.8. The lowest BCUT2D eigenvalue weighted by molar-refractivity contribution is 0.339. The lowest BCUT2D eigenvalue weighted by atomic mass is 9.35. The molecular weight excluding hydrogens is 870 g/mol. The van der Waals surface area contributed by atoms with Crippen LogP contribution in [0.3, 0.4) is 0 Å². The molecule has 0 saturated carbocycles. The average molecular weight is 934 g/mol. The molecule has 4 nitrogen and oxygen atoms in total. The fraction of sp³-hybridized carbons (Fsp3) is 0.281. The van der Waals surface area contributed by atoms with Crippen molar-refractivity contribution < 1.29 is 4.74 Å². The molecule has 0 bridgehead atoms. The van der Waals surface area contributed by atoms with Gasteiger partial charge in [0.2, 0.25) is 0 Å². The van der Waals surface area contributed by atoms with E-state index in [4.69, 9.17) is 4.74 Å². The van der Waals surface area contributed by atoms with Crippen LogP contribution in [0.5, 0.6) is 11.5 Å². The molecule has 0 radical (unpaired) electrons. The van der Waals surface area contributed by atoms with Gasteiger partial charge in [0.15, 0.2) is 0 Å². The number of hydrogen-bond acceptors (Lipinski definition) is 5. The lowest BCUT2D eigenvalue weighted by Crippen LogP contribution is -2.61. The van der Waals surface area contributed by atoms with E-state index in [0.717, 1.165) is 41.4 Å². The van der Waals surface area contributed by atoms with E-state index in [2.05, 4.69) is 255 Å². The van der Waals surface area contributed by atoms with Crippen LogP contribution < -0.4 is 35.1 Å². The van der Waals surface area contributed by atoms with Crippen molar-refractivity contribution in [2.45, 2.75) is 118 Å². The van der Waals surface area contributed by atoms with Crippen LogP contribution in [0.1, 0.15) is 119 Å². The Morgan fingerprint density at radius 2 is 1.16 bits per heavy atom. The van der Waals surface area contributed by atoms with Crippen molar-refractivity contribution in [1.82, 2.24) is 0 Å². The second-order valence-electron chi connectivity index (χ2n) is 23.5. The molecule has 350 valence electrons. The number of anilines is 9. The van der Waals surface area contributed by atoms with Crippen LogP contribution in [0.2, 0.25) is 0 Å². The maximum atomic E-state index is 7.09. The number of nitrogens with zero attached hydrogens (tertiary/aromatic N) is 3. The fourth-order valence-corrected chi connectivity index (χ4v) is 14.3. The van der Waals surface area contributed by atoms with Crippen molar-refractivity contribution in [2.75, 3.05) is 14.7 Å². The van der Waals surface area contributed by atoms with E-state index in [1.807, 2.05) is 0 Å². The molecule has 12 rings (SSSR count). The van der Waals surface area contributed by atoms with Crippen molar-refractivity contribution in [1.29, 1.82) is 0 Å². The maximum absolute atomic E-state index is 7.09. The van der Waals surface area contributed by atoms with Crippen LogP contribution >= 0.6 is 11.3 Å². The largest absolute Gasteiger partial charge is 0.457 e. The van der Waals surface area contributed by atoms with Gasteiger partial charge >= 0.3 is 0 Å². The third-order valence-electron chi connectivity index (χ3n) is 16.2. The third-order valence-corrected chi connectivity index (χ3v) is 17.8. The smallest absolute Gasteiger partial charge is 0.264 e. The number of para-hydroxylation sites is 3. The molecule has 0 spiro atoms. The second kappa shape index (κ2) is 15.5. The van der Waals surface area contributed by atoms with Gasteiger partial charge < -0.3 is 19.4 Å². The van der Waals surface area contributed by atoms with E-state index in [1.54, 1.807) is 0 Å². The van der Waals surface area contributed by atoms with E-state index in [1.165, 1.54) is 93.6 Å². The van der Waals surface area contributed by atoms with Gasteiger partial charge in [0.25, 0.3) is 6.71 Å². The van der Waals surface area contributed by atoms with Gasteiger partial charge in [-0.2, -0.15) is 11.3 Å². The normalized spacial score (nSPS) is 16.5. The first kappa shape index (κ1) is 44.7. The highest BCUT2D eigenvalue weighted by Crippen LogP contribution is 2.58. The molecule has 4 aliphatic rings. The first-order valence-electron chi connectivity index (χ1n) is 25.3. The summed E-state index contributed by atoms with van der Waals surface area (Å²) >= 11 is 2.08. The van der Waals surface area contributed by atoms with E-state index >= 15 is 0 Å². The molecule has 7 aromatic carbocycles. The van der Waals surface area contributed by atoms with Gasteiger partial charge in [0, 0.05) is 60.3 Å². The summed E-state index contributed by atoms with van der Waals surface area (Å²) in [4.78, 5) is 9.32. The Morgan fingerprint density at radius 3 is 1.79 bits per heavy atom. The van der Waals surface area contributed by atoms with Gasteiger partial charge in [-0.25, -0.2) is 0 Å². The third kappa shape index (κ3) is 6.69. The summed E-state index contributed by atoms with van der Waals surface area (Å²) in [5, 5.41) is 0. The molecular formula is C64H64BN3OS. The summed E-state index contributed by atoms with van der Waals surface area (Å²) in [6.45, 7) is 28.4. The molecule has 4 heterocycles. The zero-order valence-electron chi connectivity index (χ0n) is 43.0. The van der Waals surface area contributed by atoms with Gasteiger partial charge in [-0.05, 0) is 150 Å². The summed E-state index contributed by atoms with van der Waals surface area (Å²) in [5.41, 5.74) is 22.1. The molecule has 1 aliphatic carbocycles. The predicted molar refractivity (Wildman–Crippen MR) is 300 cm³/mol. The summed E-state index contributed by atoms with van der Waals surface area (Å²) < 4.78 is 8.52. The predicted octanol–water partition coefficient (Wildman–Crippen LogP) is 16.3. The minimum atomic E-state index is -0.309. The van der Waals surface area contributed by atoms with Gasteiger partial charge in [-0.1, -0.05) is 147 Å². The number of benzene rings is 7. The summed E-state index contributed by atoms with van der Waals surface area (Å²) in [6, 6.07) is 54.8. The van der Waals surface area contributed by atoms with Crippen LogP contribution in [0.25, 0.3) is 0 Å². The van der Waals surface area contributed by atoms with Crippen LogP contribution in [0.4, 0.5) is 51.2 Å². The number of ether oxygens (including phenoxy) is 1. The van der Waals surface area contributed by atoms with Crippen LogP contribution in [0.15, 0.2) is 146 Å². The molecule has 8 aromatic rings. The highest BCUT2D eigenvalue weighted by atomic mass is 32.1. The highest BCUT2D eigenvalue weighted by Gasteiger charge is 2.52. The van der Waals surface area contributed by atoms with Crippen LogP contribution in [-0.2, 0) is 21.7 Å². The van der Waals surface area contributed by atoms with E-state index in [-0.39, 0.29) is 28.4 Å². The fourth-order valence-electron chi connectivity index (χ4n) is 12.6. The maximum Gasteiger partial charge on any atom is 0.264 e. The molecule has 0 fully saturated rings. The molecule has 0 N–H and O–H groups in total. The Hall–Kier alpha value is -6.50. The number of rotatable bonds is 5. The molecule has 0 saturated heterocycles. The van der Waals surface area contributed by atoms with Gasteiger partial charge in [-0.15, -0.1) is 0 Å². The van der Waals surface area contributed by atoms with E-state index in [9.17, 15) is 0 Å². The first-order valence-corrected chi connectivity index (χ1v) is 26.2. The second-order valence-corrected chi connectivity index (χ2v) is 24.5. The van der Waals surface area contributed by atoms with E-state index < -0.39 is 0 Å². The van der Waals surface area contributed by atoms with Crippen LogP contribution in [-0.4, -0.2) is 6.71 Å². The minimum Gasteiger partial charge on any atom is -0.457 e. The average Bonchev–Trinajstić information content (AvgIpc) is 3.74. The monoisotopic (exact) mass is 933 g/mol. The number of aryl methyl sites for hydroxylation is 3. The van der Waals surface area contributed by atoms with Crippen molar-refractivity contribution in [3.8, 4) is 11.5 Å². The van der Waals surface area contributed by atoms with E-state index in [0.29, 0.717) is 0 Å². The molecule has 0 unspecified atom stereocenters. The topological polar surface area (TPSA) is 19.0 Å². The molecule has 0 amide bonds. The SMILES string of the molecule is Cc1cc(C)c(N2c3cc4c(cc3B3c5sc6c(c5N(c5ccc(C(C)(C)C)cc5)c5cc(N(c7ccccc7)c7ccccc7)cc2c53)C(C)(C)CCC6(C)C)Oc2ccccc2C4(C)C)c(C)c1. The quantitative estimate of drug-likeness (QED) is 0.160. The molecule has 70 heavy (non-hydrogen) atoms. The lowest BCUT2D eigenvalue weighted by Gasteiger charge is -2.47. The van der Waals surface area contributed by atoms with Crippen molar-refractivity contribution >= 4 is 84.9 Å². The Labute approximate surface area is 420 Å². The molecule has 0 atom stereocenters. The Balaban J connectivity index is 1.26. The van der Waals surface area contributed by atoms with Crippen molar-refractivity contribution in [3.05, 3.63) is 189 Å². The van der Waals surface area contributed by atoms with Gasteiger partial charge in [0.1, 0.15) is 11.5 Å². The number of thiophene rings is 1.